The van der Waals surface area contributed by atoms with Crippen LogP contribution in [-0.4, -0.2) is 50.0 Å². The number of fused-ring (bicyclic) bond motifs is 2. The highest BCUT2D eigenvalue weighted by Gasteiger charge is 2.68. The van der Waals surface area contributed by atoms with Crippen molar-refractivity contribution >= 4 is 45.5 Å². The zero-order chi connectivity index (χ0) is 17.1. The first kappa shape index (κ1) is 16.5. The minimum atomic E-state index is -3.65. The number of ether oxygens (including phenoxy) is 1. The summed E-state index contributed by atoms with van der Waals surface area (Å²) in [6.07, 6.45) is -1.57. The summed E-state index contributed by atoms with van der Waals surface area (Å²) < 4.78 is 23.9. The van der Waals surface area contributed by atoms with Crippen LogP contribution in [0.4, 0.5) is 5.82 Å². The van der Waals surface area contributed by atoms with Gasteiger partial charge in [0, 0.05) is 13.0 Å². The van der Waals surface area contributed by atoms with Gasteiger partial charge in [-0.25, -0.2) is 15.0 Å². The predicted octanol–water partition coefficient (Wildman–Crippen LogP) is 2.12. The summed E-state index contributed by atoms with van der Waals surface area (Å²) in [6, 6.07) is 0. The molecule has 2 N–H and O–H groups in total. The van der Waals surface area contributed by atoms with Crippen molar-refractivity contribution in [3.8, 4) is 0 Å². The number of imidazole rings is 1. The van der Waals surface area contributed by atoms with Gasteiger partial charge < -0.3 is 19.7 Å². The zero-order valence-corrected chi connectivity index (χ0v) is 14.9. The van der Waals surface area contributed by atoms with E-state index >= 15 is 0 Å². The first-order chi connectivity index (χ1) is 11.3. The van der Waals surface area contributed by atoms with Crippen molar-refractivity contribution in [3.63, 3.8) is 0 Å². The molecule has 0 amide bonds. The molecule has 2 aromatic rings. The smallest absolute Gasteiger partial charge is 0.380 e. The fourth-order valence-corrected chi connectivity index (χ4v) is 3.88. The molecule has 4 atom stereocenters. The average molecular weight is 394 g/mol. The third-order valence-corrected chi connectivity index (χ3v) is 5.49. The number of nitrogens with one attached hydrogen (secondary N) is 1. The number of hydrogen-bond donors (Lipinski definition) is 2. The molecule has 12 heteroatoms. The molecule has 130 valence electrons. The molecule has 2 unspecified atom stereocenters. The van der Waals surface area contributed by atoms with Crippen molar-refractivity contribution in [2.24, 2.45) is 5.92 Å². The van der Waals surface area contributed by atoms with Crippen molar-refractivity contribution in [2.45, 2.75) is 24.4 Å². The molecule has 1 saturated carbocycles. The molecular weight excluding hydrogens is 380 g/mol. The summed E-state index contributed by atoms with van der Waals surface area (Å²) in [5.41, 5.74) is 0.378. The Morgan fingerprint density at radius 3 is 3.04 bits per heavy atom. The van der Waals surface area contributed by atoms with Crippen LogP contribution in [0.2, 0.25) is 0 Å². The number of aliphatic hydroxyl groups is 1. The van der Waals surface area contributed by atoms with Crippen molar-refractivity contribution in [1.29, 1.82) is 0 Å². The second kappa shape index (κ2) is 5.52. The lowest BCUT2D eigenvalue weighted by Gasteiger charge is -2.21. The fourth-order valence-electron chi connectivity index (χ4n) is 3.22. The van der Waals surface area contributed by atoms with Crippen LogP contribution in [0.15, 0.2) is 12.7 Å². The van der Waals surface area contributed by atoms with Gasteiger partial charge >= 0.3 is 6.07 Å². The summed E-state index contributed by atoms with van der Waals surface area (Å²) >= 11 is 10.8. The van der Waals surface area contributed by atoms with Gasteiger partial charge in [0.1, 0.15) is 23.5 Å². The van der Waals surface area contributed by atoms with Gasteiger partial charge in [0.25, 0.3) is 0 Å². The van der Waals surface area contributed by atoms with Gasteiger partial charge in [-0.1, -0.05) is 0 Å². The third-order valence-electron chi connectivity index (χ3n) is 4.47. The molecule has 3 heterocycles. The van der Waals surface area contributed by atoms with Crippen molar-refractivity contribution in [3.05, 3.63) is 12.7 Å². The molecule has 4 rings (SSSR count). The highest BCUT2D eigenvalue weighted by molar-refractivity contribution is 8.05. The molecule has 2 aliphatic rings. The summed E-state index contributed by atoms with van der Waals surface area (Å²) in [5.74, 6) is 0.435. The maximum atomic E-state index is 11.3. The topological polar surface area (TPSA) is 111 Å². The van der Waals surface area contributed by atoms with Gasteiger partial charge in [-0.15, -0.1) is 0 Å². The molecule has 2 fully saturated rings. The predicted molar refractivity (Wildman–Crippen MR) is 87.1 cm³/mol. The van der Waals surface area contributed by atoms with E-state index in [0.717, 1.165) is 0 Å². The Morgan fingerprint density at radius 2 is 2.33 bits per heavy atom. The summed E-state index contributed by atoms with van der Waals surface area (Å²) in [6.45, 7) is -0.0428. The SMILES string of the molecule is CNc1ncnc2c1ncn2[C@@H]1O[C@@]2(COP(=O)(Cl)Cl)CC2C1O. The maximum absolute atomic E-state index is 11.3. The Bertz CT molecular complexity index is 844. The standard InChI is InChI=1S/C12H14Cl2N5O4P/c1-15-9-7-10(17-4-16-9)19(5-18-7)11-8(20)6-2-12(6,23-11)3-22-24(13,14)21/h4-6,8,11,20H,2-3H2,1H3,(H,15,16,17)/t6?,8?,11-,12-/m1/s1. The van der Waals surface area contributed by atoms with Gasteiger partial charge in [0.15, 0.2) is 17.7 Å². The number of aromatic nitrogens is 4. The third kappa shape index (κ3) is 2.60. The van der Waals surface area contributed by atoms with E-state index in [-0.39, 0.29) is 12.5 Å². The van der Waals surface area contributed by atoms with Crippen LogP contribution in [0.1, 0.15) is 12.6 Å². The Morgan fingerprint density at radius 1 is 1.54 bits per heavy atom. The maximum Gasteiger partial charge on any atom is 0.380 e. The van der Waals surface area contributed by atoms with Crippen LogP contribution in [0.25, 0.3) is 11.2 Å². The molecule has 9 nitrogen and oxygen atoms in total. The van der Waals surface area contributed by atoms with Crippen molar-refractivity contribution < 1.29 is 18.9 Å². The van der Waals surface area contributed by atoms with E-state index in [2.05, 4.69) is 20.3 Å². The molecule has 0 bridgehead atoms. The van der Waals surface area contributed by atoms with Crippen molar-refractivity contribution in [2.75, 3.05) is 19.0 Å². The van der Waals surface area contributed by atoms with Crippen molar-refractivity contribution in [1.82, 2.24) is 19.5 Å². The zero-order valence-electron chi connectivity index (χ0n) is 12.5. The van der Waals surface area contributed by atoms with Crippen LogP contribution in [0, 0.1) is 5.92 Å². The summed E-state index contributed by atoms with van der Waals surface area (Å²) in [4.78, 5) is 12.6. The van der Waals surface area contributed by atoms with E-state index in [4.69, 9.17) is 31.7 Å². The minimum absolute atomic E-state index is 0.0428. The van der Waals surface area contributed by atoms with E-state index in [0.29, 0.717) is 23.4 Å². The lowest BCUT2D eigenvalue weighted by atomic mass is 10.2. The molecule has 24 heavy (non-hydrogen) atoms. The summed E-state index contributed by atoms with van der Waals surface area (Å²) in [5, 5.41) is 13.5. The van der Waals surface area contributed by atoms with Crippen LogP contribution < -0.4 is 5.32 Å². The molecule has 1 aliphatic heterocycles. The van der Waals surface area contributed by atoms with Crippen LogP contribution in [0.5, 0.6) is 0 Å². The minimum Gasteiger partial charge on any atom is -0.388 e. The van der Waals surface area contributed by atoms with Crippen LogP contribution in [-0.2, 0) is 13.8 Å². The number of hydrogen-bond acceptors (Lipinski definition) is 8. The molecule has 1 saturated heterocycles. The van der Waals surface area contributed by atoms with E-state index < -0.39 is 24.0 Å². The monoisotopic (exact) mass is 393 g/mol. The number of halogens is 2. The number of anilines is 1. The molecule has 2 aromatic heterocycles. The first-order valence-electron chi connectivity index (χ1n) is 7.20. The Balaban J connectivity index is 1.61. The Kier molecular flexibility index (Phi) is 3.80. The van der Waals surface area contributed by atoms with Crippen LogP contribution >= 0.6 is 28.6 Å². The highest BCUT2D eigenvalue weighted by Crippen LogP contribution is 2.64. The van der Waals surface area contributed by atoms with E-state index in [1.54, 1.807) is 17.9 Å². The summed E-state index contributed by atoms with van der Waals surface area (Å²) in [7, 11) is 1.74. The normalized spacial score (nSPS) is 32.1. The average Bonchev–Trinajstić information content (AvgIpc) is 2.97. The Hall–Kier alpha value is -0.960. The van der Waals surface area contributed by atoms with Gasteiger partial charge in [-0.05, 0) is 28.9 Å². The van der Waals surface area contributed by atoms with E-state index in [1.165, 1.54) is 6.33 Å². The van der Waals surface area contributed by atoms with Gasteiger partial charge in [-0.3, -0.25) is 9.13 Å². The van der Waals surface area contributed by atoms with Crippen LogP contribution in [0.3, 0.4) is 0 Å². The Labute approximate surface area is 146 Å². The number of aliphatic hydroxyl groups excluding tert-OH is 1. The molecular formula is C12H14Cl2N5O4P. The highest BCUT2D eigenvalue weighted by atomic mass is 35.9. The fraction of sp³-hybridized carbons (Fsp3) is 0.583. The second-order valence-corrected chi connectivity index (χ2v) is 10.1. The van der Waals surface area contributed by atoms with Gasteiger partial charge in [-0.2, -0.15) is 0 Å². The molecule has 1 aliphatic carbocycles. The molecule has 0 spiro atoms. The number of rotatable bonds is 5. The van der Waals surface area contributed by atoms with E-state index in [9.17, 15) is 9.67 Å². The largest absolute Gasteiger partial charge is 0.388 e. The molecule has 0 aromatic carbocycles. The quantitative estimate of drug-likeness (QED) is 0.742. The second-order valence-electron chi connectivity index (χ2n) is 5.86. The lowest BCUT2D eigenvalue weighted by molar-refractivity contribution is -0.0853. The molecule has 0 radical (unpaired) electrons. The van der Waals surface area contributed by atoms with Gasteiger partial charge in [0.2, 0.25) is 0 Å². The first-order valence-corrected chi connectivity index (χ1v) is 10.6. The lowest BCUT2D eigenvalue weighted by Crippen LogP contribution is -2.25. The number of nitrogens with zero attached hydrogens (tertiary/aromatic N) is 4. The van der Waals surface area contributed by atoms with E-state index in [1.807, 2.05) is 0 Å². The van der Waals surface area contributed by atoms with Gasteiger partial charge in [0.05, 0.1) is 12.9 Å².